The molecule has 0 saturated heterocycles. The molecule has 2 nitrogen and oxygen atoms in total. The van der Waals surface area contributed by atoms with E-state index in [1.54, 1.807) is 0 Å². The summed E-state index contributed by atoms with van der Waals surface area (Å²) in [5.41, 5.74) is 3.97. The van der Waals surface area contributed by atoms with Gasteiger partial charge in [0.25, 0.3) is 0 Å². The van der Waals surface area contributed by atoms with E-state index in [1.165, 1.54) is 36.2 Å². The van der Waals surface area contributed by atoms with Gasteiger partial charge in [-0.25, -0.2) is 0 Å². The first-order valence-electron chi connectivity index (χ1n) is 4.40. The fourth-order valence-corrected chi connectivity index (χ4v) is 1.79. The van der Waals surface area contributed by atoms with E-state index in [0.717, 1.165) is 12.8 Å². The molecule has 62 valence electrons. The van der Waals surface area contributed by atoms with Gasteiger partial charge in [-0.05, 0) is 24.8 Å². The molecule has 1 aliphatic rings. The third-order valence-electron chi connectivity index (χ3n) is 2.40. The Balaban J connectivity index is 2.17. The van der Waals surface area contributed by atoms with E-state index in [1.807, 2.05) is 0 Å². The molecule has 0 amide bonds. The Bertz CT molecular complexity index is 317. The first-order chi connectivity index (χ1) is 5.92. The predicted molar refractivity (Wildman–Crippen MR) is 47.8 cm³/mol. The number of nitrogens with zero attached hydrogens (tertiary/aromatic N) is 1. The summed E-state index contributed by atoms with van der Waals surface area (Å²) in [5, 5.41) is 7.33. The quantitative estimate of drug-likeness (QED) is 0.652. The molecule has 0 saturated carbocycles. The molecule has 1 aliphatic carbocycles. The van der Waals surface area contributed by atoms with Crippen molar-refractivity contribution in [2.24, 2.45) is 0 Å². The summed E-state index contributed by atoms with van der Waals surface area (Å²) in [4.78, 5) is 0. The molecule has 0 spiro atoms. The minimum absolute atomic E-state index is 0.803. The molecule has 0 atom stereocenters. The van der Waals surface area contributed by atoms with Gasteiger partial charge in [0, 0.05) is 18.5 Å². The second-order valence-corrected chi connectivity index (χ2v) is 3.19. The molecule has 1 N–H and O–H groups in total. The van der Waals surface area contributed by atoms with Gasteiger partial charge < -0.3 is 0 Å². The lowest BCUT2D eigenvalue weighted by Gasteiger charge is -1.93. The Kier molecular flexibility index (Phi) is 1.87. The number of terminal acetylenes is 1. The Morgan fingerprint density at radius 3 is 3.25 bits per heavy atom. The van der Waals surface area contributed by atoms with Crippen LogP contribution in [0.25, 0.3) is 0 Å². The molecule has 12 heavy (non-hydrogen) atoms. The van der Waals surface area contributed by atoms with Crippen LogP contribution in [0.3, 0.4) is 0 Å². The van der Waals surface area contributed by atoms with Crippen molar-refractivity contribution < 1.29 is 0 Å². The van der Waals surface area contributed by atoms with Gasteiger partial charge in [0.1, 0.15) is 0 Å². The van der Waals surface area contributed by atoms with E-state index in [2.05, 4.69) is 16.1 Å². The summed E-state index contributed by atoms with van der Waals surface area (Å²) < 4.78 is 0. The highest BCUT2D eigenvalue weighted by Crippen LogP contribution is 2.23. The Hall–Kier alpha value is -1.23. The number of fused-ring (bicyclic) bond motifs is 1. The van der Waals surface area contributed by atoms with Gasteiger partial charge in [-0.15, -0.1) is 12.3 Å². The lowest BCUT2D eigenvalue weighted by Crippen LogP contribution is -1.89. The van der Waals surface area contributed by atoms with Crippen LogP contribution in [0.4, 0.5) is 0 Å². The van der Waals surface area contributed by atoms with Gasteiger partial charge in [0.2, 0.25) is 0 Å². The van der Waals surface area contributed by atoms with Gasteiger partial charge in [0.15, 0.2) is 0 Å². The van der Waals surface area contributed by atoms with Crippen LogP contribution < -0.4 is 0 Å². The average molecular weight is 160 g/mol. The molecule has 1 heterocycles. The van der Waals surface area contributed by atoms with E-state index in [9.17, 15) is 0 Å². The number of rotatable bonds is 2. The molecule has 0 bridgehead atoms. The molecule has 2 heteroatoms. The van der Waals surface area contributed by atoms with Gasteiger partial charge >= 0.3 is 0 Å². The lowest BCUT2D eigenvalue weighted by atomic mass is 10.1. The van der Waals surface area contributed by atoms with Crippen molar-refractivity contribution in [2.45, 2.75) is 32.1 Å². The molecular weight excluding hydrogens is 148 g/mol. The van der Waals surface area contributed by atoms with Crippen molar-refractivity contribution in [3.05, 3.63) is 17.0 Å². The highest BCUT2D eigenvalue weighted by atomic mass is 15.1. The topological polar surface area (TPSA) is 28.7 Å². The van der Waals surface area contributed by atoms with E-state index in [4.69, 9.17) is 6.42 Å². The second kappa shape index (κ2) is 3.02. The Morgan fingerprint density at radius 2 is 2.42 bits per heavy atom. The summed E-state index contributed by atoms with van der Waals surface area (Å²) in [5.74, 6) is 2.64. The molecule has 0 aliphatic heterocycles. The monoisotopic (exact) mass is 160 g/mol. The minimum Gasteiger partial charge on any atom is -0.282 e. The van der Waals surface area contributed by atoms with Crippen LogP contribution in [0.1, 0.15) is 29.8 Å². The largest absolute Gasteiger partial charge is 0.282 e. The summed E-state index contributed by atoms with van der Waals surface area (Å²) in [6.45, 7) is 0. The zero-order valence-corrected chi connectivity index (χ0v) is 7.06. The summed E-state index contributed by atoms with van der Waals surface area (Å²) in [7, 11) is 0. The predicted octanol–water partition coefficient (Wildman–Crippen LogP) is 1.46. The number of nitrogens with one attached hydrogen (secondary N) is 1. The van der Waals surface area contributed by atoms with Gasteiger partial charge in [0.05, 0.1) is 5.69 Å². The third-order valence-corrected chi connectivity index (χ3v) is 2.40. The van der Waals surface area contributed by atoms with Crippen LogP contribution in [-0.4, -0.2) is 10.2 Å². The van der Waals surface area contributed by atoms with Crippen LogP contribution in [0, 0.1) is 12.3 Å². The van der Waals surface area contributed by atoms with Crippen molar-refractivity contribution in [3.63, 3.8) is 0 Å². The number of hydrogen-bond acceptors (Lipinski definition) is 1. The maximum absolute atomic E-state index is 5.20. The number of aryl methyl sites for hydroxylation is 2. The Labute approximate surface area is 72.4 Å². The van der Waals surface area contributed by atoms with Crippen molar-refractivity contribution in [1.29, 1.82) is 0 Å². The lowest BCUT2D eigenvalue weighted by molar-refractivity contribution is 0.829. The first kappa shape index (κ1) is 7.42. The molecule has 2 rings (SSSR count). The van der Waals surface area contributed by atoms with E-state index in [-0.39, 0.29) is 0 Å². The standard InChI is InChI=1S/C10H12N2/c1-2-3-6-9-8-5-4-7-10(8)12-11-9/h1H,3-7H2,(H,11,12). The summed E-state index contributed by atoms with van der Waals surface area (Å²) >= 11 is 0. The van der Waals surface area contributed by atoms with Crippen molar-refractivity contribution in [3.8, 4) is 12.3 Å². The zero-order chi connectivity index (χ0) is 8.39. The SMILES string of the molecule is C#CCCc1n[nH]c2c1CCC2. The van der Waals surface area contributed by atoms with Crippen LogP contribution in [-0.2, 0) is 19.3 Å². The summed E-state index contributed by atoms with van der Waals surface area (Å²) in [6, 6.07) is 0. The minimum atomic E-state index is 0.803. The number of aromatic nitrogens is 2. The molecular formula is C10H12N2. The molecule has 0 unspecified atom stereocenters. The smallest absolute Gasteiger partial charge is 0.0666 e. The Morgan fingerprint density at radius 1 is 1.50 bits per heavy atom. The van der Waals surface area contributed by atoms with E-state index < -0.39 is 0 Å². The maximum atomic E-state index is 5.20. The molecule has 1 aromatic heterocycles. The highest BCUT2D eigenvalue weighted by molar-refractivity contribution is 5.29. The van der Waals surface area contributed by atoms with Crippen LogP contribution >= 0.6 is 0 Å². The highest BCUT2D eigenvalue weighted by Gasteiger charge is 2.17. The zero-order valence-electron chi connectivity index (χ0n) is 7.06. The molecule has 1 aromatic rings. The maximum Gasteiger partial charge on any atom is 0.0666 e. The van der Waals surface area contributed by atoms with Crippen LogP contribution in [0.5, 0.6) is 0 Å². The normalized spacial score (nSPS) is 14.2. The summed E-state index contributed by atoms with van der Waals surface area (Å²) in [6.07, 6.45) is 10.6. The first-order valence-corrected chi connectivity index (χ1v) is 4.40. The van der Waals surface area contributed by atoms with Crippen LogP contribution in [0.15, 0.2) is 0 Å². The second-order valence-electron chi connectivity index (χ2n) is 3.19. The molecule has 0 fully saturated rings. The van der Waals surface area contributed by atoms with E-state index >= 15 is 0 Å². The van der Waals surface area contributed by atoms with Crippen molar-refractivity contribution >= 4 is 0 Å². The van der Waals surface area contributed by atoms with Gasteiger partial charge in [-0.1, -0.05) is 0 Å². The van der Waals surface area contributed by atoms with Gasteiger partial charge in [-0.2, -0.15) is 5.10 Å². The van der Waals surface area contributed by atoms with Crippen molar-refractivity contribution in [2.75, 3.05) is 0 Å². The number of hydrogen-bond donors (Lipinski definition) is 1. The third kappa shape index (κ3) is 1.12. The number of aromatic amines is 1. The van der Waals surface area contributed by atoms with E-state index in [0.29, 0.717) is 0 Å². The number of H-pyrrole nitrogens is 1. The van der Waals surface area contributed by atoms with Gasteiger partial charge in [-0.3, -0.25) is 5.10 Å². The van der Waals surface area contributed by atoms with Crippen molar-refractivity contribution in [1.82, 2.24) is 10.2 Å². The molecule has 0 aromatic carbocycles. The fourth-order valence-electron chi connectivity index (χ4n) is 1.79. The fraction of sp³-hybridized carbons (Fsp3) is 0.500. The van der Waals surface area contributed by atoms with Crippen LogP contribution in [0.2, 0.25) is 0 Å². The average Bonchev–Trinajstić information content (AvgIpc) is 2.62. The molecule has 0 radical (unpaired) electrons.